The van der Waals surface area contributed by atoms with E-state index >= 15 is 0 Å². The monoisotopic (exact) mass is 386 g/mol. The zero-order valence-corrected chi connectivity index (χ0v) is 16.3. The van der Waals surface area contributed by atoms with E-state index in [0.717, 1.165) is 18.4 Å². The Morgan fingerprint density at radius 1 is 1.29 bits per heavy atom. The minimum Gasteiger partial charge on any atom is -0.493 e. The largest absolute Gasteiger partial charge is 0.493 e. The molecule has 7 nitrogen and oxygen atoms in total. The van der Waals surface area contributed by atoms with Crippen molar-refractivity contribution in [1.82, 2.24) is 9.55 Å². The van der Waals surface area contributed by atoms with E-state index in [2.05, 4.69) is 4.98 Å². The molecule has 1 heterocycles. The molecule has 1 saturated carbocycles. The van der Waals surface area contributed by atoms with Gasteiger partial charge in [-0.1, -0.05) is 6.07 Å². The van der Waals surface area contributed by atoms with Crippen LogP contribution in [0.1, 0.15) is 38.2 Å². The smallest absolute Gasteiger partial charge is 0.335 e. The van der Waals surface area contributed by atoms with Crippen molar-refractivity contribution < 1.29 is 19.0 Å². The van der Waals surface area contributed by atoms with Crippen LogP contribution in [0.15, 0.2) is 41.0 Å². The van der Waals surface area contributed by atoms with Crippen molar-refractivity contribution in [3.05, 3.63) is 52.2 Å². The molecule has 1 fully saturated rings. The maximum atomic E-state index is 12.4. The first-order valence-corrected chi connectivity index (χ1v) is 9.57. The van der Waals surface area contributed by atoms with Gasteiger partial charge in [0.2, 0.25) is 0 Å². The Kier molecular flexibility index (Phi) is 6.57. The predicted octanol–water partition coefficient (Wildman–Crippen LogP) is 3.15. The second kappa shape index (κ2) is 9.30. The summed E-state index contributed by atoms with van der Waals surface area (Å²) in [7, 11) is 1.61. The van der Waals surface area contributed by atoms with Crippen molar-refractivity contribution in [2.24, 2.45) is 0 Å². The molecule has 150 valence electrons. The predicted molar refractivity (Wildman–Crippen MR) is 106 cm³/mol. The highest BCUT2D eigenvalue weighted by atomic mass is 16.5. The Labute approximate surface area is 163 Å². The SMILES string of the molecule is CCOC(=O)C(=Cn1cc[nH]c1=O)Cc1ccc(OC)c(OC2CCCC2)c1. The van der Waals surface area contributed by atoms with Gasteiger partial charge < -0.3 is 19.2 Å². The molecule has 0 aliphatic heterocycles. The summed E-state index contributed by atoms with van der Waals surface area (Å²) in [6, 6.07) is 5.61. The fourth-order valence-electron chi connectivity index (χ4n) is 3.32. The van der Waals surface area contributed by atoms with E-state index in [1.54, 1.807) is 20.2 Å². The Morgan fingerprint density at radius 2 is 2.07 bits per heavy atom. The van der Waals surface area contributed by atoms with Crippen molar-refractivity contribution in [3.63, 3.8) is 0 Å². The van der Waals surface area contributed by atoms with Crippen molar-refractivity contribution in [1.29, 1.82) is 0 Å². The molecule has 3 rings (SSSR count). The van der Waals surface area contributed by atoms with Crippen LogP contribution in [0.25, 0.3) is 6.20 Å². The van der Waals surface area contributed by atoms with Crippen LogP contribution in [-0.2, 0) is 16.0 Å². The number of benzene rings is 1. The molecule has 28 heavy (non-hydrogen) atoms. The summed E-state index contributed by atoms with van der Waals surface area (Å²) in [5.41, 5.74) is 0.930. The zero-order chi connectivity index (χ0) is 19.9. The molecule has 1 aliphatic carbocycles. The number of ether oxygens (including phenoxy) is 3. The van der Waals surface area contributed by atoms with Crippen molar-refractivity contribution in [3.8, 4) is 11.5 Å². The van der Waals surface area contributed by atoms with Crippen LogP contribution in [-0.4, -0.2) is 35.3 Å². The molecule has 0 bridgehead atoms. The minimum atomic E-state index is -0.454. The number of hydrogen-bond acceptors (Lipinski definition) is 5. The molecule has 1 aliphatic rings. The lowest BCUT2D eigenvalue weighted by Gasteiger charge is -2.17. The summed E-state index contributed by atoms with van der Waals surface area (Å²) < 4.78 is 18.0. The Hall–Kier alpha value is -2.96. The number of rotatable bonds is 8. The molecule has 0 atom stereocenters. The summed E-state index contributed by atoms with van der Waals surface area (Å²) in [5.74, 6) is 0.887. The van der Waals surface area contributed by atoms with Gasteiger partial charge in [0, 0.05) is 25.0 Å². The lowest BCUT2D eigenvalue weighted by molar-refractivity contribution is -0.138. The standard InChI is InChI=1S/C21H26N2O5/c1-3-27-20(24)16(14-23-11-10-22-21(23)25)12-15-8-9-18(26-2)19(13-15)28-17-6-4-5-7-17/h8-11,13-14,17H,3-7,12H2,1-2H3,(H,22,25). The lowest BCUT2D eigenvalue weighted by atomic mass is 10.1. The summed E-state index contributed by atoms with van der Waals surface area (Å²) >= 11 is 0. The van der Waals surface area contributed by atoms with Crippen molar-refractivity contribution in [2.75, 3.05) is 13.7 Å². The number of aromatic amines is 1. The average molecular weight is 386 g/mol. The molecule has 0 spiro atoms. The van der Waals surface area contributed by atoms with Gasteiger partial charge >= 0.3 is 11.7 Å². The van der Waals surface area contributed by atoms with Crippen molar-refractivity contribution >= 4 is 12.2 Å². The van der Waals surface area contributed by atoms with E-state index in [1.807, 2.05) is 18.2 Å². The van der Waals surface area contributed by atoms with Gasteiger partial charge in [-0.2, -0.15) is 0 Å². The molecular weight excluding hydrogens is 360 g/mol. The molecular formula is C21H26N2O5. The van der Waals surface area contributed by atoms with Gasteiger partial charge in [-0.25, -0.2) is 9.59 Å². The fraction of sp³-hybridized carbons (Fsp3) is 0.429. The fourth-order valence-corrected chi connectivity index (χ4v) is 3.32. The quantitative estimate of drug-likeness (QED) is 0.557. The van der Waals surface area contributed by atoms with E-state index in [1.165, 1.54) is 29.8 Å². The van der Waals surface area contributed by atoms with Gasteiger partial charge in [-0.15, -0.1) is 0 Å². The van der Waals surface area contributed by atoms with E-state index < -0.39 is 5.97 Å². The summed E-state index contributed by atoms with van der Waals surface area (Å²) in [6.45, 7) is 2.01. The number of H-pyrrole nitrogens is 1. The summed E-state index contributed by atoms with van der Waals surface area (Å²) in [5, 5.41) is 0. The first kappa shape index (κ1) is 19.8. The topological polar surface area (TPSA) is 82.6 Å². The molecule has 1 aromatic heterocycles. The van der Waals surface area contributed by atoms with Crippen LogP contribution >= 0.6 is 0 Å². The number of imidazole rings is 1. The highest BCUT2D eigenvalue weighted by Crippen LogP contribution is 2.33. The van der Waals surface area contributed by atoms with E-state index in [-0.39, 0.29) is 18.4 Å². The number of nitrogens with zero attached hydrogens (tertiary/aromatic N) is 1. The zero-order valence-electron chi connectivity index (χ0n) is 16.3. The Bertz CT molecular complexity index is 890. The number of esters is 1. The summed E-state index contributed by atoms with van der Waals surface area (Å²) in [6.07, 6.45) is 9.51. The third-order valence-corrected chi connectivity index (χ3v) is 4.73. The van der Waals surface area contributed by atoms with Crippen LogP contribution in [0.3, 0.4) is 0 Å². The van der Waals surface area contributed by atoms with Crippen LogP contribution in [0, 0.1) is 0 Å². The van der Waals surface area contributed by atoms with Gasteiger partial charge in [-0.3, -0.25) is 4.57 Å². The highest BCUT2D eigenvalue weighted by molar-refractivity contribution is 5.92. The molecule has 0 unspecified atom stereocenters. The third kappa shape index (κ3) is 4.85. The van der Waals surface area contributed by atoms with Crippen LogP contribution in [0.4, 0.5) is 0 Å². The van der Waals surface area contributed by atoms with E-state index in [4.69, 9.17) is 14.2 Å². The molecule has 1 aromatic carbocycles. The second-order valence-corrected chi connectivity index (χ2v) is 6.73. The molecule has 2 aromatic rings. The van der Waals surface area contributed by atoms with Gasteiger partial charge in [-0.05, 0) is 50.3 Å². The Morgan fingerprint density at radius 3 is 2.71 bits per heavy atom. The molecule has 0 amide bonds. The Balaban J connectivity index is 1.87. The second-order valence-electron chi connectivity index (χ2n) is 6.73. The minimum absolute atomic E-state index is 0.197. The first-order chi connectivity index (χ1) is 13.6. The molecule has 0 radical (unpaired) electrons. The maximum absolute atomic E-state index is 12.4. The highest BCUT2D eigenvalue weighted by Gasteiger charge is 2.19. The maximum Gasteiger partial charge on any atom is 0.335 e. The number of nitrogens with one attached hydrogen (secondary N) is 1. The van der Waals surface area contributed by atoms with E-state index in [9.17, 15) is 9.59 Å². The normalized spacial score (nSPS) is 14.9. The molecule has 1 N–H and O–H groups in total. The average Bonchev–Trinajstić information content (AvgIpc) is 3.34. The van der Waals surface area contributed by atoms with Crippen LogP contribution < -0.4 is 15.2 Å². The lowest BCUT2D eigenvalue weighted by Crippen LogP contribution is -2.16. The van der Waals surface area contributed by atoms with E-state index in [0.29, 0.717) is 23.5 Å². The van der Waals surface area contributed by atoms with Gasteiger partial charge in [0.05, 0.1) is 25.4 Å². The van der Waals surface area contributed by atoms with Crippen LogP contribution in [0.5, 0.6) is 11.5 Å². The van der Waals surface area contributed by atoms with Gasteiger partial charge in [0.15, 0.2) is 11.5 Å². The van der Waals surface area contributed by atoms with Gasteiger partial charge in [0.25, 0.3) is 0 Å². The number of carbonyl (C=O) groups excluding carboxylic acids is 1. The summed E-state index contributed by atoms with van der Waals surface area (Å²) in [4.78, 5) is 26.7. The molecule has 0 saturated heterocycles. The van der Waals surface area contributed by atoms with Gasteiger partial charge in [0.1, 0.15) is 0 Å². The third-order valence-electron chi connectivity index (χ3n) is 4.73. The van der Waals surface area contributed by atoms with Crippen molar-refractivity contribution in [2.45, 2.75) is 45.1 Å². The number of hydrogen-bond donors (Lipinski definition) is 1. The van der Waals surface area contributed by atoms with Crippen LogP contribution in [0.2, 0.25) is 0 Å². The number of methoxy groups -OCH3 is 1. The number of carbonyl (C=O) groups is 1. The number of aromatic nitrogens is 2. The first-order valence-electron chi connectivity index (χ1n) is 9.57. The molecule has 7 heteroatoms.